The lowest BCUT2D eigenvalue weighted by molar-refractivity contribution is -0.486. The van der Waals surface area contributed by atoms with Crippen molar-refractivity contribution in [1.82, 2.24) is 15.1 Å². The predicted octanol–water partition coefficient (Wildman–Crippen LogP) is 1.04. The number of hydrazone groups is 1. The third-order valence-electron chi connectivity index (χ3n) is 3.80. The molecule has 1 aliphatic heterocycles. The van der Waals surface area contributed by atoms with Crippen LogP contribution in [0.1, 0.15) is 26.0 Å². The van der Waals surface area contributed by atoms with E-state index in [1.807, 2.05) is 18.7 Å². The van der Waals surface area contributed by atoms with E-state index in [2.05, 4.69) is 10.4 Å². The molecule has 1 N–H and O–H groups in total. The van der Waals surface area contributed by atoms with Crippen LogP contribution in [0.15, 0.2) is 27.9 Å². The quantitative estimate of drug-likeness (QED) is 0.439. The van der Waals surface area contributed by atoms with Crippen molar-refractivity contribution >= 4 is 11.9 Å². The normalized spacial score (nSPS) is 18.2. The topological polar surface area (TPSA) is 113 Å². The van der Waals surface area contributed by atoms with Crippen LogP contribution < -0.4 is 5.32 Å². The number of esters is 1. The van der Waals surface area contributed by atoms with E-state index in [0.717, 1.165) is 0 Å². The van der Waals surface area contributed by atoms with Crippen molar-refractivity contribution in [1.29, 1.82) is 0 Å². The van der Waals surface area contributed by atoms with E-state index >= 15 is 0 Å². The van der Waals surface area contributed by atoms with E-state index in [1.54, 1.807) is 17.0 Å². The van der Waals surface area contributed by atoms with Crippen LogP contribution in [0.2, 0.25) is 0 Å². The van der Waals surface area contributed by atoms with Crippen LogP contribution in [0.5, 0.6) is 0 Å². The molecule has 1 fully saturated rings. The van der Waals surface area contributed by atoms with Crippen LogP contribution in [0.4, 0.5) is 0 Å². The molecule has 0 bridgehead atoms. The van der Waals surface area contributed by atoms with Crippen LogP contribution in [-0.4, -0.2) is 53.3 Å². The van der Waals surface area contributed by atoms with Gasteiger partial charge >= 0.3 is 5.97 Å². The predicted molar refractivity (Wildman–Crippen MR) is 88.6 cm³/mol. The Labute approximate surface area is 145 Å². The molecule has 0 spiro atoms. The van der Waals surface area contributed by atoms with Gasteiger partial charge < -0.3 is 19.4 Å². The third-order valence-corrected chi connectivity index (χ3v) is 3.80. The molecule has 1 saturated heterocycles. The molecule has 1 aromatic heterocycles. The van der Waals surface area contributed by atoms with Crippen LogP contribution in [-0.2, 0) is 16.1 Å². The average molecular weight is 353 g/mol. The number of hydrogen-bond donors (Lipinski definition) is 1. The molecule has 2 rings (SSSR count). The number of carbonyl (C=O) groups is 1. The zero-order chi connectivity index (χ0) is 18.4. The van der Waals surface area contributed by atoms with Gasteiger partial charge in [0.1, 0.15) is 16.9 Å². The Bertz CT molecular complexity index is 616. The highest BCUT2D eigenvalue weighted by molar-refractivity contribution is 5.80. The van der Waals surface area contributed by atoms with Gasteiger partial charge in [-0.3, -0.25) is 9.69 Å². The lowest BCUT2D eigenvalue weighted by atomic mass is 10.0. The Morgan fingerprint density at radius 3 is 2.88 bits per heavy atom. The molecular formula is C15H23N5O5. The second kappa shape index (κ2) is 8.47. The summed E-state index contributed by atoms with van der Waals surface area (Å²) in [7, 11) is 1.35. The first kappa shape index (κ1) is 18.7. The summed E-state index contributed by atoms with van der Waals surface area (Å²) < 4.78 is 10.2. The number of nitro groups is 1. The third kappa shape index (κ3) is 5.18. The molecule has 0 aromatic carbocycles. The summed E-state index contributed by atoms with van der Waals surface area (Å²) in [4.78, 5) is 26.5. The minimum atomic E-state index is -0.751. The maximum absolute atomic E-state index is 12.2. The van der Waals surface area contributed by atoms with Crippen molar-refractivity contribution in [2.24, 2.45) is 11.0 Å². The minimum absolute atomic E-state index is 0.130. The lowest BCUT2D eigenvalue weighted by Crippen LogP contribution is -2.61. The number of nitrogens with zero attached hydrogens (tertiary/aromatic N) is 4. The van der Waals surface area contributed by atoms with Crippen molar-refractivity contribution in [3.63, 3.8) is 0 Å². The highest BCUT2D eigenvalue weighted by Crippen LogP contribution is 2.17. The molecule has 0 radical (unpaired) electrons. The van der Waals surface area contributed by atoms with Crippen LogP contribution in [0, 0.1) is 16.0 Å². The van der Waals surface area contributed by atoms with Gasteiger partial charge in [0.15, 0.2) is 5.03 Å². The fourth-order valence-electron chi connectivity index (χ4n) is 2.70. The van der Waals surface area contributed by atoms with E-state index < -0.39 is 11.1 Å². The molecule has 0 unspecified atom stereocenters. The Morgan fingerprint density at radius 2 is 2.32 bits per heavy atom. The Morgan fingerprint density at radius 1 is 1.56 bits per heavy atom. The van der Waals surface area contributed by atoms with E-state index in [9.17, 15) is 14.9 Å². The van der Waals surface area contributed by atoms with E-state index in [0.29, 0.717) is 18.7 Å². The van der Waals surface area contributed by atoms with E-state index in [-0.39, 0.29) is 31.2 Å². The molecule has 10 nitrogen and oxygen atoms in total. The van der Waals surface area contributed by atoms with Gasteiger partial charge in [-0.05, 0) is 24.5 Å². The molecule has 0 amide bonds. The van der Waals surface area contributed by atoms with Gasteiger partial charge in [-0.25, -0.2) is 10.1 Å². The zero-order valence-corrected chi connectivity index (χ0v) is 14.5. The molecule has 1 aromatic rings. The van der Waals surface area contributed by atoms with E-state index in [4.69, 9.17) is 9.15 Å². The highest BCUT2D eigenvalue weighted by atomic mass is 16.7. The summed E-state index contributed by atoms with van der Waals surface area (Å²) in [5.41, 5.74) is 0. The molecule has 2 heterocycles. The van der Waals surface area contributed by atoms with Crippen LogP contribution in [0.25, 0.3) is 0 Å². The first-order chi connectivity index (χ1) is 11.9. The smallest absolute Gasteiger partial charge is 0.323 e. The maximum atomic E-state index is 12.2. The zero-order valence-electron chi connectivity index (χ0n) is 14.5. The van der Waals surface area contributed by atoms with Crippen LogP contribution >= 0.6 is 0 Å². The summed E-state index contributed by atoms with van der Waals surface area (Å²) in [5, 5.41) is 16.3. The molecule has 1 aliphatic rings. The second-order valence-corrected chi connectivity index (χ2v) is 6.17. The first-order valence-electron chi connectivity index (χ1n) is 7.96. The summed E-state index contributed by atoms with van der Waals surface area (Å²) in [5.74, 6) is 0.726. The summed E-state index contributed by atoms with van der Waals surface area (Å²) in [6.45, 7) is 4.88. The largest absolute Gasteiger partial charge is 0.468 e. The van der Waals surface area contributed by atoms with Gasteiger partial charge in [-0.2, -0.15) is 0 Å². The SMILES string of the molecule is COC(=O)[C@H](CC(C)C)N1CN/C(=N\[N+](=O)[O-])N(Cc2ccco2)C1. The van der Waals surface area contributed by atoms with Crippen molar-refractivity contribution in [2.45, 2.75) is 32.9 Å². The van der Waals surface area contributed by atoms with Gasteiger partial charge in [0.25, 0.3) is 5.96 Å². The molecule has 25 heavy (non-hydrogen) atoms. The Kier molecular flexibility index (Phi) is 6.34. The van der Waals surface area contributed by atoms with Gasteiger partial charge in [0, 0.05) is 0 Å². The van der Waals surface area contributed by atoms with Gasteiger partial charge in [0.05, 0.1) is 33.3 Å². The average Bonchev–Trinajstić information content (AvgIpc) is 3.06. The van der Waals surface area contributed by atoms with Gasteiger partial charge in [-0.1, -0.05) is 13.8 Å². The second-order valence-electron chi connectivity index (χ2n) is 6.17. The summed E-state index contributed by atoms with van der Waals surface area (Å²) >= 11 is 0. The van der Waals surface area contributed by atoms with Crippen molar-refractivity contribution in [3.8, 4) is 0 Å². The highest BCUT2D eigenvalue weighted by Gasteiger charge is 2.34. The number of furan rings is 1. The number of rotatable bonds is 7. The standard InChI is InChI=1S/C15H23N5O5/c1-11(2)7-13(14(21)24-3)19-9-16-15(17-20(22)23)18(10-19)8-12-5-4-6-25-12/h4-6,11,13H,7-10H2,1-3H3,(H,16,17)/t13-/m0/s1. The van der Waals surface area contributed by atoms with Gasteiger partial charge in [-0.15, -0.1) is 0 Å². The van der Waals surface area contributed by atoms with Crippen molar-refractivity contribution in [2.75, 3.05) is 20.4 Å². The van der Waals surface area contributed by atoms with Gasteiger partial charge in [0.2, 0.25) is 0 Å². The molecule has 0 saturated carbocycles. The number of guanidine groups is 1. The first-order valence-corrected chi connectivity index (χ1v) is 7.96. The van der Waals surface area contributed by atoms with Crippen molar-refractivity contribution < 1.29 is 19.0 Å². The maximum Gasteiger partial charge on any atom is 0.323 e. The number of hydrogen-bond acceptors (Lipinski definition) is 6. The molecule has 1 atom stereocenters. The van der Waals surface area contributed by atoms with Crippen LogP contribution in [0.3, 0.4) is 0 Å². The fraction of sp³-hybridized carbons (Fsp3) is 0.600. The number of ether oxygens (including phenoxy) is 1. The van der Waals surface area contributed by atoms with E-state index in [1.165, 1.54) is 13.4 Å². The molecular weight excluding hydrogens is 330 g/mol. The Balaban J connectivity index is 2.19. The summed E-state index contributed by atoms with van der Waals surface area (Å²) in [6, 6.07) is 3.06. The monoisotopic (exact) mass is 353 g/mol. The molecule has 138 valence electrons. The number of methoxy groups -OCH3 is 1. The summed E-state index contributed by atoms with van der Waals surface area (Å²) in [6.07, 6.45) is 2.15. The number of nitrogens with one attached hydrogen (secondary N) is 1. The minimum Gasteiger partial charge on any atom is -0.468 e. The lowest BCUT2D eigenvalue weighted by Gasteiger charge is -2.40. The molecule has 10 heteroatoms. The molecule has 0 aliphatic carbocycles. The van der Waals surface area contributed by atoms with Crippen molar-refractivity contribution in [3.05, 3.63) is 34.3 Å². The Hall–Kier alpha value is -2.62. The fourth-order valence-corrected chi connectivity index (χ4v) is 2.70. The number of carbonyl (C=O) groups excluding carboxylic acids is 1.